The average molecular weight is 377 g/mol. The molecule has 0 aromatic carbocycles. The standard InChI is InChI=1S/C20H32N4OS/c26-20(22-13-19-5-4-10-25-19)21-12-18-11-16-6-9-24(18)15-17(16)14-23-7-2-1-3-8-23/h4-5,10,16-18H,1-3,6-9,11-15H2,(H2,21,22,26). The van der Waals surface area contributed by atoms with Gasteiger partial charge in [-0.25, -0.2) is 0 Å². The summed E-state index contributed by atoms with van der Waals surface area (Å²) in [7, 11) is 0. The van der Waals surface area contributed by atoms with E-state index < -0.39 is 0 Å². The zero-order valence-corrected chi connectivity index (χ0v) is 16.5. The van der Waals surface area contributed by atoms with E-state index >= 15 is 0 Å². The van der Waals surface area contributed by atoms with Crippen molar-refractivity contribution < 1.29 is 4.42 Å². The molecule has 5 rings (SSSR count). The highest BCUT2D eigenvalue weighted by atomic mass is 32.1. The first kappa shape index (κ1) is 18.3. The fraction of sp³-hybridized carbons (Fsp3) is 0.750. The van der Waals surface area contributed by atoms with Crippen LogP contribution in [-0.4, -0.2) is 60.2 Å². The van der Waals surface area contributed by atoms with Gasteiger partial charge in [0.15, 0.2) is 5.11 Å². The first-order valence-electron chi connectivity index (χ1n) is 10.3. The lowest BCUT2D eigenvalue weighted by molar-refractivity contribution is -0.0124. The van der Waals surface area contributed by atoms with E-state index in [9.17, 15) is 0 Å². The molecule has 144 valence electrons. The maximum Gasteiger partial charge on any atom is 0.166 e. The van der Waals surface area contributed by atoms with E-state index in [2.05, 4.69) is 20.4 Å². The van der Waals surface area contributed by atoms with Crippen molar-refractivity contribution >= 4 is 17.3 Å². The smallest absolute Gasteiger partial charge is 0.166 e. The molecule has 4 aliphatic rings. The minimum Gasteiger partial charge on any atom is -0.467 e. The molecule has 4 atom stereocenters. The summed E-state index contributed by atoms with van der Waals surface area (Å²) in [4.78, 5) is 5.42. The van der Waals surface area contributed by atoms with Crippen LogP contribution in [0.4, 0.5) is 0 Å². The molecule has 0 amide bonds. The zero-order chi connectivity index (χ0) is 17.8. The van der Waals surface area contributed by atoms with Gasteiger partial charge in [0.1, 0.15) is 5.76 Å². The number of piperidine rings is 4. The third-order valence-corrected chi connectivity index (χ3v) is 6.75. The van der Waals surface area contributed by atoms with E-state index in [1.54, 1.807) is 6.26 Å². The molecule has 5 heterocycles. The van der Waals surface area contributed by atoms with E-state index in [1.807, 2.05) is 12.1 Å². The molecule has 6 heteroatoms. The van der Waals surface area contributed by atoms with Crippen molar-refractivity contribution in [1.29, 1.82) is 0 Å². The van der Waals surface area contributed by atoms with Gasteiger partial charge in [-0.2, -0.15) is 0 Å². The molecule has 4 saturated heterocycles. The Morgan fingerprint density at radius 3 is 2.81 bits per heavy atom. The molecule has 0 spiro atoms. The third-order valence-electron chi connectivity index (χ3n) is 6.46. The second kappa shape index (κ2) is 8.72. The summed E-state index contributed by atoms with van der Waals surface area (Å²) < 4.78 is 5.33. The van der Waals surface area contributed by atoms with Gasteiger partial charge >= 0.3 is 0 Å². The number of likely N-dealkylation sites (tertiary alicyclic amines) is 1. The Morgan fingerprint density at radius 2 is 2.08 bits per heavy atom. The van der Waals surface area contributed by atoms with Crippen molar-refractivity contribution in [3.63, 3.8) is 0 Å². The topological polar surface area (TPSA) is 43.7 Å². The summed E-state index contributed by atoms with van der Waals surface area (Å²) in [6.07, 6.45) is 8.63. The van der Waals surface area contributed by atoms with Crippen molar-refractivity contribution in [2.24, 2.45) is 11.8 Å². The Hall–Kier alpha value is -1.11. The molecule has 0 saturated carbocycles. The number of hydrogen-bond acceptors (Lipinski definition) is 4. The van der Waals surface area contributed by atoms with E-state index in [0.717, 1.165) is 29.3 Å². The molecular weight excluding hydrogens is 344 g/mol. The monoisotopic (exact) mass is 376 g/mol. The number of nitrogens with zero attached hydrogens (tertiary/aromatic N) is 2. The number of thiocarbonyl (C=S) groups is 1. The van der Waals surface area contributed by atoms with Crippen molar-refractivity contribution in [3.05, 3.63) is 24.2 Å². The first-order valence-corrected chi connectivity index (χ1v) is 10.7. The summed E-state index contributed by atoms with van der Waals surface area (Å²) in [5.74, 6) is 2.69. The largest absolute Gasteiger partial charge is 0.467 e. The Balaban J connectivity index is 1.19. The van der Waals surface area contributed by atoms with Gasteiger partial charge in [0.05, 0.1) is 12.8 Å². The maximum absolute atomic E-state index is 5.42. The highest BCUT2D eigenvalue weighted by molar-refractivity contribution is 7.80. The molecule has 4 aliphatic heterocycles. The summed E-state index contributed by atoms with van der Waals surface area (Å²) in [6.45, 7) is 8.11. The van der Waals surface area contributed by atoms with Crippen LogP contribution < -0.4 is 10.6 Å². The van der Waals surface area contributed by atoms with E-state index in [0.29, 0.717) is 12.6 Å². The highest BCUT2D eigenvalue weighted by Crippen LogP contribution is 2.36. The summed E-state index contributed by atoms with van der Waals surface area (Å²) in [6, 6.07) is 4.50. The third kappa shape index (κ3) is 4.59. The van der Waals surface area contributed by atoms with Crippen molar-refractivity contribution in [2.75, 3.05) is 39.3 Å². The average Bonchev–Trinajstić information content (AvgIpc) is 3.20. The Labute approximate surface area is 162 Å². The number of furan rings is 1. The lowest BCUT2D eigenvalue weighted by Crippen LogP contribution is -2.59. The van der Waals surface area contributed by atoms with E-state index in [1.165, 1.54) is 64.8 Å². The first-order chi connectivity index (χ1) is 12.8. The molecular formula is C20H32N4OS. The van der Waals surface area contributed by atoms with Crippen molar-refractivity contribution in [3.8, 4) is 0 Å². The lowest BCUT2D eigenvalue weighted by Gasteiger charge is -2.51. The summed E-state index contributed by atoms with van der Waals surface area (Å²) in [5, 5.41) is 7.39. The van der Waals surface area contributed by atoms with E-state index in [-0.39, 0.29) is 0 Å². The second-order valence-corrected chi connectivity index (χ2v) is 8.61. The SMILES string of the molecule is S=C(NCc1ccco1)NCC1CC2CCN1CC2CN1CCCCC1. The van der Waals surface area contributed by atoms with Gasteiger partial charge in [0.2, 0.25) is 0 Å². The Bertz CT molecular complexity index is 572. The number of rotatable bonds is 6. The van der Waals surface area contributed by atoms with Crippen LogP contribution >= 0.6 is 12.2 Å². The zero-order valence-electron chi connectivity index (χ0n) is 15.7. The number of hydrogen-bond donors (Lipinski definition) is 2. The van der Waals surface area contributed by atoms with E-state index in [4.69, 9.17) is 16.6 Å². The summed E-state index contributed by atoms with van der Waals surface area (Å²) >= 11 is 5.42. The second-order valence-electron chi connectivity index (χ2n) is 8.20. The fourth-order valence-corrected chi connectivity index (χ4v) is 5.15. The quantitative estimate of drug-likeness (QED) is 0.744. The predicted octanol–water partition coefficient (Wildman–Crippen LogP) is 2.44. The minimum atomic E-state index is 0.634. The lowest BCUT2D eigenvalue weighted by atomic mass is 9.75. The van der Waals surface area contributed by atoms with Gasteiger partial charge in [-0.15, -0.1) is 0 Å². The normalized spacial score (nSPS) is 31.7. The van der Waals surface area contributed by atoms with Gasteiger partial charge in [-0.05, 0) is 81.5 Å². The molecule has 5 nitrogen and oxygen atoms in total. The Morgan fingerprint density at radius 1 is 1.19 bits per heavy atom. The predicted molar refractivity (Wildman–Crippen MR) is 108 cm³/mol. The molecule has 1 aromatic rings. The van der Waals surface area contributed by atoms with Crippen LogP contribution in [0.15, 0.2) is 22.8 Å². The molecule has 4 fully saturated rings. The van der Waals surface area contributed by atoms with Gasteiger partial charge in [-0.1, -0.05) is 6.42 Å². The minimum absolute atomic E-state index is 0.634. The molecule has 0 aliphatic carbocycles. The van der Waals surface area contributed by atoms with Crippen LogP contribution in [0.1, 0.15) is 37.9 Å². The number of nitrogens with one attached hydrogen (secondary N) is 2. The van der Waals surface area contributed by atoms with Gasteiger partial charge in [0, 0.05) is 25.7 Å². The fourth-order valence-electron chi connectivity index (χ4n) is 5.00. The van der Waals surface area contributed by atoms with Crippen LogP contribution in [0.5, 0.6) is 0 Å². The van der Waals surface area contributed by atoms with Crippen LogP contribution in [0, 0.1) is 11.8 Å². The highest BCUT2D eigenvalue weighted by Gasteiger charge is 2.40. The molecule has 2 bridgehead atoms. The van der Waals surface area contributed by atoms with Gasteiger partial charge < -0.3 is 20.0 Å². The molecule has 1 aromatic heterocycles. The van der Waals surface area contributed by atoms with Crippen LogP contribution in [0.2, 0.25) is 0 Å². The molecule has 26 heavy (non-hydrogen) atoms. The van der Waals surface area contributed by atoms with Crippen molar-refractivity contribution in [2.45, 2.75) is 44.7 Å². The molecule has 2 N–H and O–H groups in total. The van der Waals surface area contributed by atoms with Crippen LogP contribution in [0.25, 0.3) is 0 Å². The van der Waals surface area contributed by atoms with Crippen LogP contribution in [-0.2, 0) is 6.54 Å². The van der Waals surface area contributed by atoms with Gasteiger partial charge in [-0.3, -0.25) is 4.90 Å². The molecule has 4 unspecified atom stereocenters. The maximum atomic E-state index is 5.42. The van der Waals surface area contributed by atoms with Gasteiger partial charge in [0.25, 0.3) is 0 Å². The summed E-state index contributed by atoms with van der Waals surface area (Å²) in [5.41, 5.74) is 0. The Kier molecular flexibility index (Phi) is 6.12. The van der Waals surface area contributed by atoms with Crippen LogP contribution in [0.3, 0.4) is 0 Å². The number of fused-ring (bicyclic) bond motifs is 3. The molecule has 0 radical (unpaired) electrons. The van der Waals surface area contributed by atoms with Crippen molar-refractivity contribution in [1.82, 2.24) is 20.4 Å².